The number of amides is 1. The van der Waals surface area contributed by atoms with Gasteiger partial charge in [-0.3, -0.25) is 9.78 Å². The van der Waals surface area contributed by atoms with E-state index in [0.717, 1.165) is 0 Å². The minimum absolute atomic E-state index is 0.0492. The highest BCUT2D eigenvalue weighted by atomic mass is 19.1. The molecule has 17 heavy (non-hydrogen) atoms. The monoisotopic (exact) mass is 231 g/mol. The van der Waals surface area contributed by atoms with Gasteiger partial charge in [0.15, 0.2) is 0 Å². The minimum Gasteiger partial charge on any atom is -0.311 e. The lowest BCUT2D eigenvalue weighted by molar-refractivity contribution is 0.0988. The number of halogens is 1. The van der Waals surface area contributed by atoms with Crippen LogP contribution in [-0.4, -0.2) is 22.9 Å². The van der Waals surface area contributed by atoms with Gasteiger partial charge in [0.2, 0.25) is 5.95 Å². The van der Waals surface area contributed by atoms with Crippen LogP contribution in [-0.2, 0) is 0 Å². The summed E-state index contributed by atoms with van der Waals surface area (Å²) < 4.78 is 13.3. The van der Waals surface area contributed by atoms with E-state index in [1.807, 2.05) is 0 Å². The molecule has 2 aromatic rings. The average molecular weight is 231 g/mol. The van der Waals surface area contributed by atoms with Gasteiger partial charge in [-0.2, -0.15) is 4.39 Å². The standard InChI is InChI=1S/C12H10FN3O/c1-16(9-4-7-14-8-5-9)12(17)10-3-2-6-15-11(10)13/h2-8H,1H3. The van der Waals surface area contributed by atoms with Crippen molar-refractivity contribution in [3.8, 4) is 0 Å². The number of carbonyl (C=O) groups excluding carboxylic acids is 1. The zero-order chi connectivity index (χ0) is 12.3. The van der Waals surface area contributed by atoms with Crippen LogP contribution in [0.5, 0.6) is 0 Å². The third-order valence-electron chi connectivity index (χ3n) is 2.34. The van der Waals surface area contributed by atoms with E-state index in [2.05, 4.69) is 9.97 Å². The smallest absolute Gasteiger partial charge is 0.262 e. The number of pyridine rings is 2. The summed E-state index contributed by atoms with van der Waals surface area (Å²) in [6.07, 6.45) is 4.44. The highest BCUT2D eigenvalue weighted by Crippen LogP contribution is 2.14. The Morgan fingerprint density at radius 1 is 1.24 bits per heavy atom. The van der Waals surface area contributed by atoms with Gasteiger partial charge in [-0.1, -0.05) is 0 Å². The molecule has 0 aliphatic rings. The van der Waals surface area contributed by atoms with Crippen molar-refractivity contribution >= 4 is 11.6 Å². The Labute approximate surface area is 97.7 Å². The molecular weight excluding hydrogens is 221 g/mol. The molecule has 0 atom stereocenters. The topological polar surface area (TPSA) is 46.1 Å². The highest BCUT2D eigenvalue weighted by Gasteiger charge is 2.17. The molecular formula is C12H10FN3O. The lowest BCUT2D eigenvalue weighted by atomic mass is 10.2. The molecule has 2 heterocycles. The maximum absolute atomic E-state index is 13.3. The summed E-state index contributed by atoms with van der Waals surface area (Å²) in [7, 11) is 1.57. The van der Waals surface area contributed by atoms with Crippen molar-refractivity contribution in [2.24, 2.45) is 0 Å². The fourth-order valence-electron chi connectivity index (χ4n) is 1.41. The third-order valence-corrected chi connectivity index (χ3v) is 2.34. The van der Waals surface area contributed by atoms with E-state index in [0.29, 0.717) is 5.69 Å². The zero-order valence-electron chi connectivity index (χ0n) is 9.17. The lowest BCUT2D eigenvalue weighted by Crippen LogP contribution is -2.27. The van der Waals surface area contributed by atoms with Crippen molar-refractivity contribution in [1.29, 1.82) is 0 Å². The first-order valence-electron chi connectivity index (χ1n) is 4.99. The van der Waals surface area contributed by atoms with Crippen LogP contribution in [0.1, 0.15) is 10.4 Å². The van der Waals surface area contributed by atoms with Crippen molar-refractivity contribution in [2.75, 3.05) is 11.9 Å². The third kappa shape index (κ3) is 2.28. The van der Waals surface area contributed by atoms with Crippen molar-refractivity contribution in [3.63, 3.8) is 0 Å². The summed E-state index contributed by atoms with van der Waals surface area (Å²) in [6.45, 7) is 0. The summed E-state index contributed by atoms with van der Waals surface area (Å²) in [5, 5.41) is 0. The summed E-state index contributed by atoms with van der Waals surface area (Å²) in [6, 6.07) is 6.28. The molecule has 0 aliphatic heterocycles. The molecule has 2 rings (SSSR count). The van der Waals surface area contributed by atoms with Gasteiger partial charge in [-0.25, -0.2) is 4.98 Å². The highest BCUT2D eigenvalue weighted by molar-refractivity contribution is 6.05. The Kier molecular flexibility index (Phi) is 3.09. The molecule has 0 fully saturated rings. The van der Waals surface area contributed by atoms with E-state index in [1.54, 1.807) is 31.6 Å². The van der Waals surface area contributed by atoms with Crippen LogP contribution in [0.15, 0.2) is 42.9 Å². The molecule has 0 radical (unpaired) electrons. The number of anilines is 1. The Hall–Kier alpha value is -2.30. The zero-order valence-corrected chi connectivity index (χ0v) is 9.17. The first kappa shape index (κ1) is 11.2. The molecule has 86 valence electrons. The van der Waals surface area contributed by atoms with Crippen molar-refractivity contribution in [1.82, 2.24) is 9.97 Å². The van der Waals surface area contributed by atoms with Crippen LogP contribution in [0.3, 0.4) is 0 Å². The summed E-state index contributed by atoms with van der Waals surface area (Å²) >= 11 is 0. The Morgan fingerprint density at radius 3 is 2.59 bits per heavy atom. The molecule has 0 saturated heterocycles. The van der Waals surface area contributed by atoms with E-state index in [-0.39, 0.29) is 5.56 Å². The number of hydrogen-bond acceptors (Lipinski definition) is 3. The predicted octanol–water partition coefficient (Wildman–Crippen LogP) is 1.89. The molecule has 5 heteroatoms. The molecule has 0 spiro atoms. The van der Waals surface area contributed by atoms with E-state index >= 15 is 0 Å². The van der Waals surface area contributed by atoms with E-state index in [9.17, 15) is 9.18 Å². The van der Waals surface area contributed by atoms with Gasteiger partial charge < -0.3 is 4.90 Å². The summed E-state index contributed by atoms with van der Waals surface area (Å²) in [4.78, 5) is 20.6. The van der Waals surface area contributed by atoms with Gasteiger partial charge in [-0.05, 0) is 24.3 Å². The largest absolute Gasteiger partial charge is 0.311 e. The molecule has 0 aliphatic carbocycles. The molecule has 0 saturated carbocycles. The number of nitrogens with zero attached hydrogens (tertiary/aromatic N) is 3. The van der Waals surface area contributed by atoms with Gasteiger partial charge in [0, 0.05) is 31.3 Å². The van der Waals surface area contributed by atoms with Crippen LogP contribution >= 0.6 is 0 Å². The second-order valence-corrected chi connectivity index (χ2v) is 3.41. The number of rotatable bonds is 2. The fourth-order valence-corrected chi connectivity index (χ4v) is 1.41. The summed E-state index contributed by atoms with van der Waals surface area (Å²) in [5.74, 6) is -1.21. The second-order valence-electron chi connectivity index (χ2n) is 3.41. The Morgan fingerprint density at radius 2 is 1.94 bits per heavy atom. The van der Waals surface area contributed by atoms with Gasteiger partial charge in [0.25, 0.3) is 5.91 Å². The van der Waals surface area contributed by atoms with Gasteiger partial charge in [-0.15, -0.1) is 0 Å². The van der Waals surface area contributed by atoms with Gasteiger partial charge in [0.05, 0.1) is 5.56 Å². The quantitative estimate of drug-likeness (QED) is 0.741. The second kappa shape index (κ2) is 4.69. The molecule has 0 unspecified atom stereocenters. The van der Waals surface area contributed by atoms with Crippen molar-refractivity contribution in [3.05, 3.63) is 54.4 Å². The molecule has 0 bridgehead atoms. The molecule has 2 aromatic heterocycles. The number of hydrogen-bond donors (Lipinski definition) is 0. The van der Waals surface area contributed by atoms with Crippen LogP contribution in [0.25, 0.3) is 0 Å². The van der Waals surface area contributed by atoms with E-state index in [1.165, 1.54) is 23.2 Å². The van der Waals surface area contributed by atoms with Crippen molar-refractivity contribution < 1.29 is 9.18 Å². The Bertz CT molecular complexity index is 530. The lowest BCUT2D eigenvalue weighted by Gasteiger charge is -2.16. The maximum Gasteiger partial charge on any atom is 0.262 e. The first-order chi connectivity index (χ1) is 8.20. The van der Waals surface area contributed by atoms with Crippen molar-refractivity contribution in [2.45, 2.75) is 0 Å². The normalized spacial score (nSPS) is 10.0. The molecule has 0 aromatic carbocycles. The fraction of sp³-hybridized carbons (Fsp3) is 0.0833. The van der Waals surface area contributed by atoms with Gasteiger partial charge >= 0.3 is 0 Å². The van der Waals surface area contributed by atoms with Crippen LogP contribution in [0.2, 0.25) is 0 Å². The molecule has 1 amide bonds. The number of aromatic nitrogens is 2. The van der Waals surface area contributed by atoms with Gasteiger partial charge in [0.1, 0.15) is 0 Å². The maximum atomic E-state index is 13.3. The van der Waals surface area contributed by atoms with E-state index in [4.69, 9.17) is 0 Å². The molecule has 4 nitrogen and oxygen atoms in total. The first-order valence-corrected chi connectivity index (χ1v) is 4.99. The van der Waals surface area contributed by atoms with Crippen LogP contribution in [0, 0.1) is 5.95 Å². The predicted molar refractivity (Wildman–Crippen MR) is 61.2 cm³/mol. The minimum atomic E-state index is -0.765. The summed E-state index contributed by atoms with van der Waals surface area (Å²) in [5.41, 5.74) is 0.597. The molecule has 0 N–H and O–H groups in total. The average Bonchev–Trinajstić information content (AvgIpc) is 2.39. The SMILES string of the molecule is CN(C(=O)c1cccnc1F)c1ccncc1. The van der Waals surface area contributed by atoms with Crippen LogP contribution in [0.4, 0.5) is 10.1 Å². The van der Waals surface area contributed by atoms with Crippen LogP contribution < -0.4 is 4.90 Å². The van der Waals surface area contributed by atoms with E-state index < -0.39 is 11.9 Å². The Balaban J connectivity index is 2.30. The number of carbonyl (C=O) groups is 1.